The zero-order chi connectivity index (χ0) is 17.4. The van der Waals surface area contributed by atoms with Gasteiger partial charge in [-0.15, -0.1) is 0 Å². The van der Waals surface area contributed by atoms with Gasteiger partial charge in [0.1, 0.15) is 0 Å². The van der Waals surface area contributed by atoms with Crippen LogP contribution in [0.1, 0.15) is 72.6 Å². The average Bonchev–Trinajstić information content (AvgIpc) is 2.52. The Morgan fingerprint density at radius 2 is 1.17 bits per heavy atom. The third kappa shape index (κ3) is 12.6. The van der Waals surface area contributed by atoms with E-state index in [1.165, 1.54) is 6.92 Å². The lowest BCUT2D eigenvalue weighted by Crippen LogP contribution is -2.47. The Kier molecular flexibility index (Phi) is 14.8. The minimum Gasteiger partial charge on any atom is -0.466 e. The van der Waals surface area contributed by atoms with Crippen LogP contribution < -0.4 is 0 Å². The fourth-order valence-corrected chi connectivity index (χ4v) is 4.59. The van der Waals surface area contributed by atoms with Crippen molar-refractivity contribution in [1.82, 2.24) is 0 Å². The molecule has 0 heterocycles. The molecule has 0 spiro atoms. The molecule has 0 aliphatic rings. The Labute approximate surface area is 143 Å². The van der Waals surface area contributed by atoms with Crippen molar-refractivity contribution in [1.29, 1.82) is 0 Å². The molecular formula is C17H36O5Si. The van der Waals surface area contributed by atoms with E-state index in [1.807, 2.05) is 0 Å². The topological polar surface area (TPSA) is 54.0 Å². The monoisotopic (exact) mass is 348 g/mol. The highest BCUT2D eigenvalue weighted by molar-refractivity contribution is 6.60. The fourth-order valence-electron chi connectivity index (χ4n) is 1.96. The highest BCUT2D eigenvalue weighted by Gasteiger charge is 2.40. The quantitative estimate of drug-likeness (QED) is 0.236. The lowest BCUT2D eigenvalue weighted by Gasteiger charge is -2.30. The van der Waals surface area contributed by atoms with Crippen LogP contribution in [-0.2, 0) is 22.8 Å². The summed E-state index contributed by atoms with van der Waals surface area (Å²) in [6, 6.07) is 0.706. The van der Waals surface area contributed by atoms with Crippen molar-refractivity contribution < 1.29 is 22.8 Å². The van der Waals surface area contributed by atoms with Gasteiger partial charge in [0.25, 0.3) is 0 Å². The van der Waals surface area contributed by atoms with E-state index < -0.39 is 8.80 Å². The van der Waals surface area contributed by atoms with E-state index >= 15 is 0 Å². The Morgan fingerprint density at radius 3 is 1.52 bits per heavy atom. The summed E-state index contributed by atoms with van der Waals surface area (Å²) >= 11 is 0. The first-order chi connectivity index (χ1) is 11.1. The highest BCUT2D eigenvalue weighted by atomic mass is 28.4. The lowest BCUT2D eigenvalue weighted by atomic mass is 10.4. The predicted octanol–water partition coefficient (Wildman–Crippen LogP) is 4.33. The molecule has 0 aliphatic carbocycles. The lowest BCUT2D eigenvalue weighted by molar-refractivity contribution is -0.141. The van der Waals surface area contributed by atoms with Crippen LogP contribution in [-0.4, -0.2) is 41.2 Å². The molecule has 138 valence electrons. The van der Waals surface area contributed by atoms with E-state index in [0.717, 1.165) is 44.9 Å². The summed E-state index contributed by atoms with van der Waals surface area (Å²) < 4.78 is 23.4. The van der Waals surface area contributed by atoms with Crippen molar-refractivity contribution in [2.45, 2.75) is 78.7 Å². The molecule has 0 N–H and O–H groups in total. The van der Waals surface area contributed by atoms with E-state index in [0.29, 0.717) is 32.5 Å². The molecular weight excluding hydrogens is 312 g/mol. The standard InChI is InChI=1S/C17H36O5Si/c1-5-8-13-20-23(21-14-9-6-2,22-15-10-7-3)16-11-12-19-17(4)18/h5-16H2,1-4H3. The van der Waals surface area contributed by atoms with Crippen LogP contribution in [0.2, 0.25) is 6.04 Å². The second-order valence-corrected chi connectivity index (χ2v) is 8.46. The van der Waals surface area contributed by atoms with Crippen molar-refractivity contribution in [3.05, 3.63) is 0 Å². The molecule has 0 aromatic carbocycles. The maximum absolute atomic E-state index is 10.9. The second kappa shape index (κ2) is 15.1. The maximum Gasteiger partial charge on any atom is 0.501 e. The molecule has 0 amide bonds. The molecule has 0 rings (SSSR count). The van der Waals surface area contributed by atoms with Crippen molar-refractivity contribution in [3.63, 3.8) is 0 Å². The van der Waals surface area contributed by atoms with Gasteiger partial charge in [-0.05, 0) is 25.7 Å². The summed E-state index contributed by atoms with van der Waals surface area (Å²) in [6.45, 7) is 10.3. The number of rotatable bonds is 16. The third-order valence-electron chi connectivity index (χ3n) is 3.39. The van der Waals surface area contributed by atoms with E-state index in [1.54, 1.807) is 0 Å². The van der Waals surface area contributed by atoms with Gasteiger partial charge in [-0.1, -0.05) is 40.0 Å². The molecule has 0 aromatic heterocycles. The number of carbonyl (C=O) groups excluding carboxylic acids is 1. The van der Waals surface area contributed by atoms with E-state index in [2.05, 4.69) is 20.8 Å². The predicted molar refractivity (Wildman–Crippen MR) is 94.4 cm³/mol. The Bertz CT molecular complexity index is 260. The molecule has 0 aliphatic heterocycles. The summed E-state index contributed by atoms with van der Waals surface area (Å²) in [5.74, 6) is -0.247. The first kappa shape index (κ1) is 22.6. The van der Waals surface area contributed by atoms with Gasteiger partial charge in [0.15, 0.2) is 0 Å². The number of carbonyl (C=O) groups is 1. The molecule has 6 heteroatoms. The van der Waals surface area contributed by atoms with Crippen molar-refractivity contribution in [2.75, 3.05) is 26.4 Å². The van der Waals surface area contributed by atoms with Gasteiger partial charge in [0.2, 0.25) is 0 Å². The van der Waals surface area contributed by atoms with Crippen LogP contribution in [0.25, 0.3) is 0 Å². The normalized spacial score (nSPS) is 11.7. The van der Waals surface area contributed by atoms with Gasteiger partial charge in [-0.25, -0.2) is 0 Å². The maximum atomic E-state index is 10.9. The largest absolute Gasteiger partial charge is 0.501 e. The smallest absolute Gasteiger partial charge is 0.466 e. The van der Waals surface area contributed by atoms with Crippen LogP contribution in [0.3, 0.4) is 0 Å². The van der Waals surface area contributed by atoms with Gasteiger partial charge < -0.3 is 18.0 Å². The molecule has 0 radical (unpaired) electrons. The summed E-state index contributed by atoms with van der Waals surface area (Å²) in [5, 5.41) is 0. The van der Waals surface area contributed by atoms with E-state index in [4.69, 9.17) is 18.0 Å². The molecule has 0 saturated heterocycles. The third-order valence-corrected chi connectivity index (χ3v) is 6.29. The van der Waals surface area contributed by atoms with Crippen LogP contribution in [0.4, 0.5) is 0 Å². The number of unbranched alkanes of at least 4 members (excludes halogenated alkanes) is 3. The van der Waals surface area contributed by atoms with Crippen LogP contribution in [0.5, 0.6) is 0 Å². The van der Waals surface area contributed by atoms with Crippen LogP contribution >= 0.6 is 0 Å². The van der Waals surface area contributed by atoms with Gasteiger partial charge in [-0.3, -0.25) is 4.79 Å². The first-order valence-corrected chi connectivity index (χ1v) is 11.1. The Morgan fingerprint density at radius 1 is 0.739 bits per heavy atom. The fraction of sp³-hybridized carbons (Fsp3) is 0.941. The van der Waals surface area contributed by atoms with Gasteiger partial charge >= 0.3 is 14.8 Å². The van der Waals surface area contributed by atoms with Crippen LogP contribution in [0.15, 0.2) is 0 Å². The van der Waals surface area contributed by atoms with Crippen molar-refractivity contribution >= 4 is 14.8 Å². The van der Waals surface area contributed by atoms with Crippen molar-refractivity contribution in [2.24, 2.45) is 0 Å². The van der Waals surface area contributed by atoms with Crippen LogP contribution in [0, 0.1) is 0 Å². The molecule has 0 fully saturated rings. The van der Waals surface area contributed by atoms with Gasteiger partial charge in [0.05, 0.1) is 6.61 Å². The molecule has 0 unspecified atom stereocenters. The average molecular weight is 349 g/mol. The minimum absolute atomic E-state index is 0.247. The molecule has 5 nitrogen and oxygen atoms in total. The molecule has 0 saturated carbocycles. The van der Waals surface area contributed by atoms with E-state index in [9.17, 15) is 4.79 Å². The highest BCUT2D eigenvalue weighted by Crippen LogP contribution is 2.20. The minimum atomic E-state index is -2.67. The summed E-state index contributed by atoms with van der Waals surface area (Å²) in [7, 11) is -2.67. The summed E-state index contributed by atoms with van der Waals surface area (Å²) in [4.78, 5) is 10.9. The van der Waals surface area contributed by atoms with E-state index in [-0.39, 0.29) is 5.97 Å². The van der Waals surface area contributed by atoms with Gasteiger partial charge in [0, 0.05) is 32.8 Å². The molecule has 23 heavy (non-hydrogen) atoms. The SMILES string of the molecule is CCCCO[Si](CCCOC(C)=O)(OCCCC)OCCCC. The summed E-state index contributed by atoms with van der Waals surface area (Å²) in [5.41, 5.74) is 0. The first-order valence-electron chi connectivity index (χ1n) is 9.15. The van der Waals surface area contributed by atoms with Gasteiger partial charge in [-0.2, -0.15) is 0 Å². The van der Waals surface area contributed by atoms with Crippen molar-refractivity contribution in [3.8, 4) is 0 Å². The number of ether oxygens (including phenoxy) is 1. The zero-order valence-corrected chi connectivity index (χ0v) is 16.5. The Hall–Kier alpha value is -0.433. The number of esters is 1. The Balaban J connectivity index is 4.61. The summed E-state index contributed by atoms with van der Waals surface area (Å²) in [6.07, 6.45) is 6.99. The molecule has 0 aromatic rings. The second-order valence-electron chi connectivity index (χ2n) is 5.73. The number of hydrogen-bond donors (Lipinski definition) is 0. The molecule has 0 atom stereocenters. The molecule has 0 bridgehead atoms. The number of hydrogen-bond acceptors (Lipinski definition) is 5. The zero-order valence-electron chi connectivity index (χ0n) is 15.5.